The second kappa shape index (κ2) is 8.14. The Morgan fingerprint density at radius 2 is 1.71 bits per heavy atom. The Morgan fingerprint density at radius 1 is 0.968 bits per heavy atom. The minimum Gasteiger partial charge on any atom is -0.261 e. The van der Waals surface area contributed by atoms with E-state index < -0.39 is 0 Å². The molecule has 158 valence electrons. The summed E-state index contributed by atoms with van der Waals surface area (Å²) in [6, 6.07) is 17.5. The van der Waals surface area contributed by atoms with Gasteiger partial charge in [0.25, 0.3) is 0 Å². The van der Waals surface area contributed by atoms with E-state index in [1.165, 1.54) is 33.4 Å². The van der Waals surface area contributed by atoms with Crippen LogP contribution in [0.2, 0.25) is 0 Å². The maximum Gasteiger partial charge on any atom is 0.0666 e. The van der Waals surface area contributed by atoms with Crippen LogP contribution < -0.4 is 0 Å². The molecule has 1 aliphatic heterocycles. The van der Waals surface area contributed by atoms with Crippen LogP contribution in [0.5, 0.6) is 0 Å². The van der Waals surface area contributed by atoms with Gasteiger partial charge in [0.15, 0.2) is 0 Å². The van der Waals surface area contributed by atoms with Crippen molar-refractivity contribution in [1.82, 2.24) is 9.99 Å². The molecule has 1 aromatic heterocycles. The van der Waals surface area contributed by atoms with Crippen LogP contribution in [0.1, 0.15) is 61.2 Å². The summed E-state index contributed by atoms with van der Waals surface area (Å²) >= 11 is 0. The van der Waals surface area contributed by atoms with Crippen LogP contribution in [0.25, 0.3) is 16.8 Å². The minimum absolute atomic E-state index is 0.112. The highest BCUT2D eigenvalue weighted by Gasteiger charge is 2.23. The monoisotopic (exact) mass is 409 g/mol. The first-order valence-corrected chi connectivity index (χ1v) is 11.0. The van der Waals surface area contributed by atoms with Gasteiger partial charge in [0.2, 0.25) is 0 Å². The highest BCUT2D eigenvalue weighted by molar-refractivity contribution is 5.91. The van der Waals surface area contributed by atoms with Crippen molar-refractivity contribution in [2.75, 3.05) is 0 Å². The van der Waals surface area contributed by atoms with Crippen molar-refractivity contribution in [3.63, 3.8) is 0 Å². The van der Waals surface area contributed by atoms with E-state index in [9.17, 15) is 0 Å². The van der Waals surface area contributed by atoms with E-state index in [0.717, 1.165) is 23.4 Å². The maximum absolute atomic E-state index is 4.72. The van der Waals surface area contributed by atoms with Crippen LogP contribution in [0.3, 0.4) is 0 Å². The number of nitrogens with zero attached hydrogens (tertiary/aromatic N) is 3. The predicted molar refractivity (Wildman–Crippen MR) is 131 cm³/mol. The van der Waals surface area contributed by atoms with Crippen LogP contribution in [-0.2, 0) is 18.4 Å². The number of pyridine rings is 1. The zero-order valence-electron chi connectivity index (χ0n) is 19.2. The first kappa shape index (κ1) is 21.0. The maximum atomic E-state index is 4.72. The zero-order valence-corrected chi connectivity index (χ0v) is 19.2. The minimum atomic E-state index is 0.112. The van der Waals surface area contributed by atoms with Gasteiger partial charge in [0, 0.05) is 23.0 Å². The summed E-state index contributed by atoms with van der Waals surface area (Å²) in [5.41, 5.74) is 10.7. The van der Waals surface area contributed by atoms with Crippen molar-refractivity contribution in [3.05, 3.63) is 94.8 Å². The van der Waals surface area contributed by atoms with Crippen LogP contribution in [0.15, 0.2) is 66.4 Å². The number of hydrazone groups is 1. The van der Waals surface area contributed by atoms with Crippen molar-refractivity contribution in [1.29, 1.82) is 0 Å². The van der Waals surface area contributed by atoms with E-state index in [0.29, 0.717) is 6.54 Å². The highest BCUT2D eigenvalue weighted by atomic mass is 15.5. The van der Waals surface area contributed by atoms with Crippen molar-refractivity contribution >= 4 is 11.9 Å². The molecule has 2 heterocycles. The van der Waals surface area contributed by atoms with E-state index in [1.807, 2.05) is 17.4 Å². The zero-order chi connectivity index (χ0) is 22.2. The average Bonchev–Trinajstić information content (AvgIpc) is 2.75. The third-order valence-electron chi connectivity index (χ3n) is 5.97. The van der Waals surface area contributed by atoms with Crippen molar-refractivity contribution < 1.29 is 0 Å². The van der Waals surface area contributed by atoms with Gasteiger partial charge in [-0.1, -0.05) is 64.6 Å². The third-order valence-corrected chi connectivity index (χ3v) is 5.97. The van der Waals surface area contributed by atoms with Crippen LogP contribution >= 0.6 is 0 Å². The number of rotatable bonds is 4. The topological polar surface area (TPSA) is 28.5 Å². The molecular weight excluding hydrogens is 378 g/mol. The molecule has 3 nitrogen and oxygen atoms in total. The van der Waals surface area contributed by atoms with Gasteiger partial charge >= 0.3 is 0 Å². The van der Waals surface area contributed by atoms with Crippen LogP contribution in [0, 0.1) is 6.92 Å². The quantitative estimate of drug-likeness (QED) is 0.477. The van der Waals surface area contributed by atoms with Gasteiger partial charge < -0.3 is 0 Å². The smallest absolute Gasteiger partial charge is 0.0666 e. The summed E-state index contributed by atoms with van der Waals surface area (Å²) in [5.74, 6) is 0. The molecule has 3 heteroatoms. The van der Waals surface area contributed by atoms with Gasteiger partial charge in [-0.3, -0.25) is 9.99 Å². The summed E-state index contributed by atoms with van der Waals surface area (Å²) < 4.78 is 0. The second-order valence-corrected chi connectivity index (χ2v) is 9.34. The Morgan fingerprint density at radius 3 is 2.39 bits per heavy atom. The predicted octanol–water partition coefficient (Wildman–Crippen LogP) is 6.74. The van der Waals surface area contributed by atoms with E-state index in [-0.39, 0.29) is 5.41 Å². The number of aryl methyl sites for hydroxylation is 2. The third kappa shape index (κ3) is 4.32. The molecule has 0 saturated heterocycles. The van der Waals surface area contributed by atoms with Gasteiger partial charge in [0.1, 0.15) is 0 Å². The fourth-order valence-electron chi connectivity index (χ4n) is 4.04. The van der Waals surface area contributed by atoms with E-state index in [1.54, 1.807) is 0 Å². The summed E-state index contributed by atoms with van der Waals surface area (Å²) in [5, 5.41) is 6.72. The number of fused-ring (bicyclic) bond motifs is 1. The molecule has 2 aromatic carbocycles. The van der Waals surface area contributed by atoms with Gasteiger partial charge in [0.05, 0.1) is 18.5 Å². The van der Waals surface area contributed by atoms with Gasteiger partial charge in [-0.2, -0.15) is 5.10 Å². The Labute approximate surface area is 186 Å². The molecular formula is C28H31N3. The molecule has 0 unspecified atom stereocenters. The lowest BCUT2D eigenvalue weighted by atomic mass is 9.83. The lowest BCUT2D eigenvalue weighted by molar-refractivity contribution is 0.415. The largest absolute Gasteiger partial charge is 0.261 e. The molecule has 0 spiro atoms. The Kier molecular flexibility index (Phi) is 5.53. The van der Waals surface area contributed by atoms with Crippen LogP contribution in [0.4, 0.5) is 0 Å². The summed E-state index contributed by atoms with van der Waals surface area (Å²) in [4.78, 5) is 4.40. The normalized spacial score (nSPS) is 13.5. The number of hydrogen-bond donors (Lipinski definition) is 0. The number of hydrogen-bond acceptors (Lipinski definition) is 3. The van der Waals surface area contributed by atoms with Crippen LogP contribution in [-0.4, -0.2) is 16.2 Å². The number of aromatic nitrogens is 1. The Bertz CT molecular complexity index is 1150. The lowest BCUT2D eigenvalue weighted by Gasteiger charge is -2.29. The molecule has 0 radical (unpaired) electrons. The number of benzene rings is 2. The molecule has 0 saturated carbocycles. The molecule has 4 rings (SSSR count). The molecule has 0 fully saturated rings. The SMILES string of the molecule is C=C1c2c(C)cc(C(C)(C)C)cc2C=NN1Cc1ccc(-c2ccnc(CC)c2)cc1. The molecule has 3 aromatic rings. The summed E-state index contributed by atoms with van der Waals surface area (Å²) in [6.45, 7) is 16.1. The Hall–Kier alpha value is -3.20. The average molecular weight is 410 g/mol. The first-order chi connectivity index (χ1) is 14.8. The molecule has 0 aliphatic carbocycles. The molecule has 0 N–H and O–H groups in total. The Balaban J connectivity index is 1.55. The molecule has 0 atom stereocenters. The first-order valence-electron chi connectivity index (χ1n) is 11.0. The van der Waals surface area contributed by atoms with Gasteiger partial charge in [-0.15, -0.1) is 0 Å². The van der Waals surface area contributed by atoms with E-state index in [2.05, 4.69) is 94.7 Å². The highest BCUT2D eigenvalue weighted by Crippen LogP contribution is 2.34. The van der Waals surface area contributed by atoms with Crippen molar-refractivity contribution in [2.24, 2.45) is 5.10 Å². The molecule has 0 bridgehead atoms. The molecule has 31 heavy (non-hydrogen) atoms. The van der Waals surface area contributed by atoms with Crippen molar-refractivity contribution in [3.8, 4) is 11.1 Å². The van der Waals surface area contributed by atoms with E-state index >= 15 is 0 Å². The van der Waals surface area contributed by atoms with E-state index in [4.69, 9.17) is 5.10 Å². The molecule has 1 aliphatic rings. The van der Waals surface area contributed by atoms with Crippen molar-refractivity contribution in [2.45, 2.75) is 53.0 Å². The summed E-state index contributed by atoms with van der Waals surface area (Å²) in [7, 11) is 0. The molecule has 0 amide bonds. The van der Waals surface area contributed by atoms with Gasteiger partial charge in [-0.25, -0.2) is 0 Å². The fraction of sp³-hybridized carbons (Fsp3) is 0.286. The fourth-order valence-corrected chi connectivity index (χ4v) is 4.04. The standard InChI is InChI=1S/C28H31N3/c1-7-26-16-23(12-13-29-26)22-10-8-21(9-11-22)18-31-20(3)27-19(2)14-25(28(4,5)6)15-24(27)17-30-31/h8-17H,3,7,18H2,1-2,4-6H3. The summed E-state index contributed by atoms with van der Waals surface area (Å²) in [6.07, 6.45) is 4.81. The van der Waals surface area contributed by atoms with Gasteiger partial charge in [-0.05, 0) is 64.8 Å². The second-order valence-electron chi connectivity index (χ2n) is 9.34. The lowest BCUT2D eigenvalue weighted by Crippen LogP contribution is -2.22.